The van der Waals surface area contributed by atoms with E-state index >= 15 is 0 Å². The number of para-hydroxylation sites is 1. The third-order valence-electron chi connectivity index (χ3n) is 1.94. The second-order valence-electron chi connectivity index (χ2n) is 2.67. The highest BCUT2D eigenvalue weighted by molar-refractivity contribution is 6.07. The van der Waals surface area contributed by atoms with Crippen molar-refractivity contribution in [2.75, 3.05) is 7.11 Å². The van der Waals surface area contributed by atoms with E-state index in [2.05, 4.69) is 5.16 Å². The van der Waals surface area contributed by atoms with Crippen molar-refractivity contribution in [3.8, 4) is 5.75 Å². The van der Waals surface area contributed by atoms with Gasteiger partial charge in [0, 0.05) is 12.7 Å². The number of methoxy groups -OCH3 is 1. The summed E-state index contributed by atoms with van der Waals surface area (Å²) in [6, 6.07) is 7.33. The Balaban J connectivity index is 2.46. The van der Waals surface area contributed by atoms with E-state index < -0.39 is 6.29 Å². The molecule has 0 bridgehead atoms. The maximum Gasteiger partial charge on any atom is 0.247 e. The van der Waals surface area contributed by atoms with Gasteiger partial charge in [-0.3, -0.25) is 0 Å². The van der Waals surface area contributed by atoms with Gasteiger partial charge < -0.3 is 14.7 Å². The van der Waals surface area contributed by atoms with Gasteiger partial charge in [0.05, 0.1) is 0 Å². The maximum atomic E-state index is 8.74. The summed E-state index contributed by atoms with van der Waals surface area (Å²) in [4.78, 5) is 0. The summed E-state index contributed by atoms with van der Waals surface area (Å²) in [5, 5.41) is 11.9. The molecule has 2 rings (SSSR count). The van der Waals surface area contributed by atoms with Crippen LogP contribution < -0.4 is 4.74 Å². The first kappa shape index (κ1) is 8.07. The van der Waals surface area contributed by atoms with Crippen molar-refractivity contribution in [1.82, 2.24) is 0 Å². The van der Waals surface area contributed by atoms with Gasteiger partial charge in [-0.1, -0.05) is 17.3 Å². The number of nitrogens with zero attached hydrogens (tertiary/aromatic N) is 1. The zero-order valence-corrected chi connectivity index (χ0v) is 7.10. The minimum Gasteiger partial charge on any atom is -0.458 e. The van der Waals surface area contributed by atoms with Crippen LogP contribution in [-0.2, 0) is 4.74 Å². The highest BCUT2D eigenvalue weighted by Crippen LogP contribution is 2.28. The van der Waals surface area contributed by atoms with Crippen LogP contribution in [0.3, 0.4) is 0 Å². The van der Waals surface area contributed by atoms with Crippen molar-refractivity contribution >= 4 is 5.71 Å². The van der Waals surface area contributed by atoms with Crippen LogP contribution in [0.2, 0.25) is 0 Å². The van der Waals surface area contributed by atoms with Crippen molar-refractivity contribution in [2.45, 2.75) is 6.29 Å². The Hall–Kier alpha value is -1.55. The first-order valence-corrected chi connectivity index (χ1v) is 3.87. The minimum absolute atomic E-state index is 0.415. The van der Waals surface area contributed by atoms with Crippen LogP contribution in [0, 0.1) is 0 Å². The number of ether oxygens (including phenoxy) is 2. The lowest BCUT2D eigenvalue weighted by Crippen LogP contribution is -2.23. The molecule has 1 atom stereocenters. The van der Waals surface area contributed by atoms with Crippen molar-refractivity contribution < 1.29 is 14.7 Å². The zero-order chi connectivity index (χ0) is 9.26. The SMILES string of the molecule is COC1Oc2ccccc2C1=NO. The molecule has 0 aromatic heterocycles. The standard InChI is InChI=1S/C9H9NO3/c1-12-9-8(10-11)6-4-2-3-5-7(6)13-9/h2-5,9,11H,1H3. The molecule has 0 fully saturated rings. The van der Waals surface area contributed by atoms with Crippen molar-refractivity contribution in [2.24, 2.45) is 5.16 Å². The molecular formula is C9H9NO3. The van der Waals surface area contributed by atoms with Gasteiger partial charge in [-0.15, -0.1) is 0 Å². The van der Waals surface area contributed by atoms with Gasteiger partial charge in [0.1, 0.15) is 5.75 Å². The van der Waals surface area contributed by atoms with E-state index in [1.807, 2.05) is 18.2 Å². The second kappa shape index (κ2) is 3.06. The van der Waals surface area contributed by atoms with Gasteiger partial charge in [-0.05, 0) is 12.1 Å². The zero-order valence-electron chi connectivity index (χ0n) is 7.10. The van der Waals surface area contributed by atoms with E-state index in [1.165, 1.54) is 7.11 Å². The first-order chi connectivity index (χ1) is 6.36. The van der Waals surface area contributed by atoms with Gasteiger partial charge in [-0.2, -0.15) is 0 Å². The van der Waals surface area contributed by atoms with E-state index in [9.17, 15) is 0 Å². The van der Waals surface area contributed by atoms with Crippen molar-refractivity contribution in [1.29, 1.82) is 0 Å². The molecule has 0 amide bonds. The van der Waals surface area contributed by atoms with Crippen molar-refractivity contribution in [3.05, 3.63) is 29.8 Å². The Morgan fingerprint density at radius 3 is 2.92 bits per heavy atom. The van der Waals surface area contributed by atoms with E-state index in [-0.39, 0.29) is 0 Å². The summed E-state index contributed by atoms with van der Waals surface area (Å²) >= 11 is 0. The second-order valence-corrected chi connectivity index (χ2v) is 2.67. The van der Waals surface area contributed by atoms with E-state index in [0.717, 1.165) is 5.56 Å². The lowest BCUT2D eigenvalue weighted by atomic mass is 10.1. The summed E-state index contributed by atoms with van der Waals surface area (Å²) < 4.78 is 10.3. The third kappa shape index (κ3) is 1.15. The maximum absolute atomic E-state index is 8.74. The molecule has 1 unspecified atom stereocenters. The molecule has 13 heavy (non-hydrogen) atoms. The van der Waals surface area contributed by atoms with Crippen LogP contribution in [0.25, 0.3) is 0 Å². The molecule has 1 aliphatic rings. The molecule has 68 valence electrons. The molecule has 1 aromatic carbocycles. The average Bonchev–Trinajstić information content (AvgIpc) is 2.55. The molecule has 1 aliphatic heterocycles. The number of benzene rings is 1. The average molecular weight is 179 g/mol. The van der Waals surface area contributed by atoms with Crippen LogP contribution >= 0.6 is 0 Å². The van der Waals surface area contributed by atoms with Crippen LogP contribution in [-0.4, -0.2) is 24.3 Å². The molecule has 0 aliphatic carbocycles. The van der Waals surface area contributed by atoms with Gasteiger partial charge >= 0.3 is 0 Å². The monoisotopic (exact) mass is 179 g/mol. The fourth-order valence-electron chi connectivity index (χ4n) is 1.34. The quantitative estimate of drug-likeness (QED) is 0.521. The Kier molecular flexibility index (Phi) is 1.90. The minimum atomic E-state index is -0.595. The predicted octanol–water partition coefficient (Wildman–Crippen LogP) is 1.23. The molecule has 4 heteroatoms. The normalized spacial score (nSPS) is 22.8. The summed E-state index contributed by atoms with van der Waals surface area (Å²) in [5.74, 6) is 0.683. The summed E-state index contributed by atoms with van der Waals surface area (Å²) in [6.45, 7) is 0. The molecule has 0 saturated carbocycles. The summed E-state index contributed by atoms with van der Waals surface area (Å²) in [5.41, 5.74) is 1.19. The number of fused-ring (bicyclic) bond motifs is 1. The largest absolute Gasteiger partial charge is 0.458 e. The lowest BCUT2D eigenvalue weighted by molar-refractivity contribution is 0.00639. The fraction of sp³-hybridized carbons (Fsp3) is 0.222. The van der Waals surface area contributed by atoms with E-state index in [4.69, 9.17) is 14.7 Å². The first-order valence-electron chi connectivity index (χ1n) is 3.87. The summed E-state index contributed by atoms with van der Waals surface area (Å²) in [6.07, 6.45) is -0.595. The van der Waals surface area contributed by atoms with Crippen LogP contribution in [0.4, 0.5) is 0 Å². The fourth-order valence-corrected chi connectivity index (χ4v) is 1.34. The highest BCUT2D eigenvalue weighted by atomic mass is 16.7. The summed E-state index contributed by atoms with van der Waals surface area (Å²) in [7, 11) is 1.50. The highest BCUT2D eigenvalue weighted by Gasteiger charge is 2.30. The molecular weight excluding hydrogens is 170 g/mol. The Labute approximate surface area is 75.4 Å². The molecule has 1 aromatic rings. The molecule has 0 saturated heterocycles. The number of hydrogen-bond acceptors (Lipinski definition) is 4. The predicted molar refractivity (Wildman–Crippen MR) is 46.2 cm³/mol. The van der Waals surface area contributed by atoms with Gasteiger partial charge in [0.25, 0.3) is 0 Å². The van der Waals surface area contributed by atoms with Crippen LogP contribution in [0.1, 0.15) is 5.56 Å². The Morgan fingerprint density at radius 1 is 1.46 bits per heavy atom. The molecule has 1 N–H and O–H groups in total. The molecule has 0 spiro atoms. The molecule has 0 radical (unpaired) electrons. The smallest absolute Gasteiger partial charge is 0.247 e. The molecule has 4 nitrogen and oxygen atoms in total. The Morgan fingerprint density at radius 2 is 2.23 bits per heavy atom. The van der Waals surface area contributed by atoms with Gasteiger partial charge in [0.15, 0.2) is 5.71 Å². The van der Waals surface area contributed by atoms with E-state index in [1.54, 1.807) is 6.07 Å². The number of hydrogen-bond donors (Lipinski definition) is 1. The number of oxime groups is 1. The van der Waals surface area contributed by atoms with Crippen LogP contribution in [0.15, 0.2) is 29.4 Å². The van der Waals surface area contributed by atoms with Gasteiger partial charge in [0.2, 0.25) is 6.29 Å². The van der Waals surface area contributed by atoms with Crippen molar-refractivity contribution in [3.63, 3.8) is 0 Å². The van der Waals surface area contributed by atoms with Gasteiger partial charge in [-0.25, -0.2) is 0 Å². The lowest BCUT2D eigenvalue weighted by Gasteiger charge is -2.06. The van der Waals surface area contributed by atoms with Crippen LogP contribution in [0.5, 0.6) is 5.75 Å². The molecule has 1 heterocycles. The Bertz CT molecular complexity index is 348. The number of rotatable bonds is 1. The third-order valence-corrected chi connectivity index (χ3v) is 1.94. The van der Waals surface area contributed by atoms with E-state index in [0.29, 0.717) is 11.5 Å². The topological polar surface area (TPSA) is 51.0 Å².